The van der Waals surface area contributed by atoms with Gasteiger partial charge in [-0.2, -0.15) is 18.4 Å². The first-order valence-electron chi connectivity index (χ1n) is 5.44. The molecule has 1 N–H and O–H groups in total. The predicted octanol–water partition coefficient (Wildman–Crippen LogP) is 2.98. The van der Waals surface area contributed by atoms with E-state index in [1.165, 1.54) is 0 Å². The van der Waals surface area contributed by atoms with Gasteiger partial charge < -0.3 is 9.84 Å². The van der Waals surface area contributed by atoms with E-state index in [0.29, 0.717) is 0 Å². The molecule has 0 radical (unpaired) electrons. The predicted molar refractivity (Wildman–Crippen MR) is 65.1 cm³/mol. The number of halogens is 3. The minimum atomic E-state index is -4.53. The molecular formula is C12H10F3NO3S. The number of aromatic hydroxyl groups is 1. The summed E-state index contributed by atoms with van der Waals surface area (Å²) in [6, 6.07) is 3.54. The summed E-state index contributed by atoms with van der Waals surface area (Å²) in [5.41, 5.74) is -4.76. The molecular weight excluding hydrogens is 295 g/mol. The van der Waals surface area contributed by atoms with Crippen LogP contribution in [0.25, 0.3) is 0 Å². The van der Waals surface area contributed by atoms with Crippen molar-refractivity contribution in [1.82, 2.24) is 0 Å². The van der Waals surface area contributed by atoms with E-state index >= 15 is 0 Å². The van der Waals surface area contributed by atoms with Crippen molar-refractivity contribution in [2.75, 3.05) is 6.61 Å². The topological polar surface area (TPSA) is 70.3 Å². The molecule has 0 aliphatic carbocycles. The summed E-state index contributed by atoms with van der Waals surface area (Å²) in [7, 11) is 0. The average molecular weight is 305 g/mol. The molecule has 0 atom stereocenters. The van der Waals surface area contributed by atoms with E-state index in [9.17, 15) is 23.1 Å². The zero-order valence-electron chi connectivity index (χ0n) is 10.3. The highest BCUT2D eigenvalue weighted by atomic mass is 32.2. The van der Waals surface area contributed by atoms with Crippen molar-refractivity contribution in [3.8, 4) is 11.8 Å². The van der Waals surface area contributed by atoms with Gasteiger partial charge in [-0.05, 0) is 36.4 Å². The zero-order chi connectivity index (χ0) is 15.3. The first-order chi connectivity index (χ1) is 9.26. The Morgan fingerprint density at radius 3 is 2.65 bits per heavy atom. The molecule has 0 fully saturated rings. The quantitative estimate of drug-likeness (QED) is 0.684. The largest absolute Gasteiger partial charge is 0.507 e. The lowest BCUT2D eigenvalue weighted by molar-refractivity contribution is -0.142. The standard InChI is InChI=1S/C12H10F3NO3S/c1-2-19-11(18)4-7-3-8(20-12(13,14)15)5-10(17)9(7)6-16/h3,5,17H,2,4H2,1H3. The molecule has 0 amide bonds. The number of thioether (sulfide) groups is 1. The second-order valence-corrected chi connectivity index (χ2v) is 4.76. The molecule has 0 aromatic heterocycles. The minimum absolute atomic E-state index is 0.00213. The Bertz CT molecular complexity index is 552. The van der Waals surface area contributed by atoms with E-state index in [1.54, 1.807) is 13.0 Å². The lowest BCUT2D eigenvalue weighted by Gasteiger charge is -2.10. The summed E-state index contributed by atoms with van der Waals surface area (Å²) in [6.45, 7) is 1.69. The number of ether oxygens (including phenoxy) is 1. The van der Waals surface area contributed by atoms with Crippen molar-refractivity contribution >= 4 is 17.7 Å². The maximum Gasteiger partial charge on any atom is 0.446 e. The highest BCUT2D eigenvalue weighted by Crippen LogP contribution is 2.39. The Morgan fingerprint density at radius 2 is 2.15 bits per heavy atom. The summed E-state index contributed by atoms with van der Waals surface area (Å²) >= 11 is -0.433. The fourth-order valence-electron chi connectivity index (χ4n) is 1.49. The Hall–Kier alpha value is -1.88. The Balaban J connectivity index is 3.13. The van der Waals surface area contributed by atoms with Gasteiger partial charge in [-0.3, -0.25) is 4.79 Å². The van der Waals surface area contributed by atoms with E-state index in [-0.39, 0.29) is 29.1 Å². The van der Waals surface area contributed by atoms with Gasteiger partial charge in [-0.15, -0.1) is 0 Å². The van der Waals surface area contributed by atoms with Gasteiger partial charge in [0.1, 0.15) is 11.8 Å². The molecule has 1 aromatic carbocycles. The van der Waals surface area contributed by atoms with E-state index in [1.807, 2.05) is 0 Å². The highest BCUT2D eigenvalue weighted by Gasteiger charge is 2.30. The van der Waals surface area contributed by atoms with Gasteiger partial charge in [0.05, 0.1) is 18.6 Å². The lowest BCUT2D eigenvalue weighted by atomic mass is 10.0. The number of hydrogen-bond acceptors (Lipinski definition) is 5. The number of alkyl halides is 3. The molecule has 1 rings (SSSR count). The number of carbonyl (C=O) groups is 1. The molecule has 0 heterocycles. The first kappa shape index (κ1) is 16.2. The summed E-state index contributed by atoms with van der Waals surface area (Å²) in [6.07, 6.45) is -0.378. The van der Waals surface area contributed by atoms with Gasteiger partial charge in [0.25, 0.3) is 0 Å². The van der Waals surface area contributed by atoms with Crippen LogP contribution >= 0.6 is 11.8 Å². The van der Waals surface area contributed by atoms with Crippen LogP contribution in [0.15, 0.2) is 17.0 Å². The maximum atomic E-state index is 12.3. The smallest absolute Gasteiger partial charge is 0.446 e. The van der Waals surface area contributed by atoms with E-state index in [4.69, 9.17) is 5.26 Å². The Labute approximate surface area is 117 Å². The molecule has 0 saturated heterocycles. The normalized spacial score (nSPS) is 10.9. The summed E-state index contributed by atoms with van der Waals surface area (Å²) in [5.74, 6) is -1.28. The summed E-state index contributed by atoms with van der Waals surface area (Å²) < 4.78 is 41.6. The number of esters is 1. The molecule has 0 aliphatic heterocycles. The Kier molecular flexibility index (Phi) is 5.27. The Morgan fingerprint density at radius 1 is 1.50 bits per heavy atom. The van der Waals surface area contributed by atoms with Crippen LogP contribution in [0.2, 0.25) is 0 Å². The summed E-state index contributed by atoms with van der Waals surface area (Å²) in [5, 5.41) is 18.4. The molecule has 1 aromatic rings. The second kappa shape index (κ2) is 6.52. The van der Waals surface area contributed by atoms with Gasteiger partial charge in [0.2, 0.25) is 0 Å². The van der Waals surface area contributed by atoms with Crippen molar-refractivity contribution < 1.29 is 27.8 Å². The molecule has 8 heteroatoms. The fraction of sp³-hybridized carbons (Fsp3) is 0.333. The van der Waals surface area contributed by atoms with E-state index in [0.717, 1.165) is 12.1 Å². The number of hydrogen-bond donors (Lipinski definition) is 1. The third-order valence-corrected chi connectivity index (χ3v) is 2.86. The number of nitrogens with zero attached hydrogens (tertiary/aromatic N) is 1. The number of phenolic OH excluding ortho intramolecular Hbond substituents is 1. The molecule has 0 unspecified atom stereocenters. The number of nitriles is 1. The summed E-state index contributed by atoms with van der Waals surface area (Å²) in [4.78, 5) is 11.0. The lowest BCUT2D eigenvalue weighted by Crippen LogP contribution is -2.09. The van der Waals surface area contributed by atoms with Crippen LogP contribution < -0.4 is 0 Å². The fourth-order valence-corrected chi connectivity index (χ4v) is 2.12. The van der Waals surface area contributed by atoms with Gasteiger partial charge in [0.15, 0.2) is 0 Å². The third kappa shape index (κ3) is 4.66. The molecule has 0 saturated carbocycles. The molecule has 0 spiro atoms. The van der Waals surface area contributed by atoms with Crippen molar-refractivity contribution in [2.24, 2.45) is 0 Å². The van der Waals surface area contributed by atoms with Crippen molar-refractivity contribution in [3.05, 3.63) is 23.3 Å². The SMILES string of the molecule is CCOC(=O)Cc1cc(SC(F)(F)F)cc(O)c1C#N. The van der Waals surface area contributed by atoms with Crippen LogP contribution in [0.3, 0.4) is 0 Å². The number of benzene rings is 1. The second-order valence-electron chi connectivity index (χ2n) is 3.62. The van der Waals surface area contributed by atoms with Crippen LogP contribution in [-0.4, -0.2) is 23.2 Å². The molecule has 108 valence electrons. The first-order valence-corrected chi connectivity index (χ1v) is 6.25. The average Bonchev–Trinajstić information content (AvgIpc) is 2.26. The molecule has 4 nitrogen and oxygen atoms in total. The number of phenols is 1. The molecule has 0 bridgehead atoms. The number of rotatable bonds is 4. The highest BCUT2D eigenvalue weighted by molar-refractivity contribution is 8.00. The van der Waals surface area contributed by atoms with Gasteiger partial charge in [-0.1, -0.05) is 0 Å². The van der Waals surface area contributed by atoms with Crippen LogP contribution in [0.1, 0.15) is 18.1 Å². The van der Waals surface area contributed by atoms with Crippen molar-refractivity contribution in [1.29, 1.82) is 5.26 Å². The van der Waals surface area contributed by atoms with Crippen LogP contribution in [0.4, 0.5) is 13.2 Å². The van der Waals surface area contributed by atoms with Crippen LogP contribution in [-0.2, 0) is 16.0 Å². The van der Waals surface area contributed by atoms with Gasteiger partial charge in [-0.25, -0.2) is 0 Å². The zero-order valence-corrected chi connectivity index (χ0v) is 11.1. The van der Waals surface area contributed by atoms with Crippen molar-refractivity contribution in [3.63, 3.8) is 0 Å². The maximum absolute atomic E-state index is 12.3. The minimum Gasteiger partial charge on any atom is -0.507 e. The van der Waals surface area contributed by atoms with Crippen LogP contribution in [0.5, 0.6) is 5.75 Å². The van der Waals surface area contributed by atoms with Crippen molar-refractivity contribution in [2.45, 2.75) is 23.7 Å². The third-order valence-electron chi connectivity index (χ3n) is 2.16. The van der Waals surface area contributed by atoms with Gasteiger partial charge in [0, 0.05) is 4.90 Å². The van der Waals surface area contributed by atoms with E-state index in [2.05, 4.69) is 4.74 Å². The van der Waals surface area contributed by atoms with Crippen LogP contribution in [0, 0.1) is 11.3 Å². The van der Waals surface area contributed by atoms with Gasteiger partial charge >= 0.3 is 11.5 Å². The molecule has 20 heavy (non-hydrogen) atoms. The number of carbonyl (C=O) groups excluding carboxylic acids is 1. The molecule has 0 aliphatic rings. The van der Waals surface area contributed by atoms with E-state index < -0.39 is 29.0 Å². The monoisotopic (exact) mass is 305 g/mol.